The largest absolute Gasteiger partial charge is 0.356 e. The zero-order valence-electron chi connectivity index (χ0n) is 17.6. The zero-order valence-corrected chi connectivity index (χ0v) is 20.0. The fourth-order valence-electron chi connectivity index (χ4n) is 4.37. The lowest BCUT2D eigenvalue weighted by Gasteiger charge is -2.23. The van der Waals surface area contributed by atoms with Crippen molar-refractivity contribution < 1.29 is 4.39 Å². The Labute approximate surface area is 195 Å². The maximum atomic E-state index is 13.1. The van der Waals surface area contributed by atoms with Gasteiger partial charge in [-0.05, 0) is 68.6 Å². The number of hydrogen-bond donors (Lipinski definition) is 1. The van der Waals surface area contributed by atoms with Crippen LogP contribution in [0.5, 0.6) is 0 Å². The van der Waals surface area contributed by atoms with E-state index in [1.165, 1.54) is 51.0 Å². The second-order valence-electron chi connectivity index (χ2n) is 8.06. The molecule has 2 aliphatic heterocycles. The van der Waals surface area contributed by atoms with Crippen LogP contribution in [-0.2, 0) is 6.42 Å². The molecule has 0 amide bonds. The van der Waals surface area contributed by atoms with Gasteiger partial charge in [-0.25, -0.2) is 9.07 Å². The standard InChI is InChI=1S/C22H31FN6.HI/c1-24-22(28-14-9-18(17-28)16-27-12-2-3-13-27)25-11-8-20-10-15-29(26-20)21-6-4-19(23)5-7-21;/h4-7,10,15,18H,2-3,8-9,11-14,16-17H2,1H3,(H,24,25);1H. The molecule has 2 fully saturated rings. The lowest BCUT2D eigenvalue weighted by molar-refractivity contribution is 0.281. The second-order valence-corrected chi connectivity index (χ2v) is 8.06. The van der Waals surface area contributed by atoms with E-state index in [2.05, 4.69) is 25.2 Å². The van der Waals surface area contributed by atoms with Crippen molar-refractivity contribution in [3.05, 3.63) is 48.0 Å². The number of rotatable bonds is 6. The molecule has 1 aromatic carbocycles. The minimum Gasteiger partial charge on any atom is -0.356 e. The highest BCUT2D eigenvalue weighted by Gasteiger charge is 2.27. The van der Waals surface area contributed by atoms with Gasteiger partial charge >= 0.3 is 0 Å². The summed E-state index contributed by atoms with van der Waals surface area (Å²) in [5.41, 5.74) is 1.87. The molecule has 8 heteroatoms. The average Bonchev–Trinajstić information content (AvgIpc) is 3.49. The molecule has 2 saturated heterocycles. The maximum absolute atomic E-state index is 13.1. The number of aromatic nitrogens is 2. The maximum Gasteiger partial charge on any atom is 0.193 e. The van der Waals surface area contributed by atoms with E-state index in [-0.39, 0.29) is 29.8 Å². The Morgan fingerprint density at radius 1 is 1.17 bits per heavy atom. The molecule has 2 aliphatic rings. The average molecular weight is 526 g/mol. The van der Waals surface area contributed by atoms with E-state index >= 15 is 0 Å². The molecule has 0 aliphatic carbocycles. The van der Waals surface area contributed by atoms with Crippen molar-refractivity contribution in [3.8, 4) is 5.69 Å². The van der Waals surface area contributed by atoms with Gasteiger partial charge in [-0.15, -0.1) is 24.0 Å². The molecule has 1 unspecified atom stereocenters. The number of hydrogen-bond acceptors (Lipinski definition) is 3. The molecule has 3 heterocycles. The Balaban J connectivity index is 0.00000256. The molecule has 0 saturated carbocycles. The number of benzene rings is 1. The van der Waals surface area contributed by atoms with Gasteiger partial charge in [0.05, 0.1) is 11.4 Å². The lowest BCUT2D eigenvalue weighted by atomic mass is 10.1. The Morgan fingerprint density at radius 2 is 1.93 bits per heavy atom. The molecule has 1 aromatic heterocycles. The number of guanidine groups is 1. The van der Waals surface area contributed by atoms with Gasteiger partial charge in [0.25, 0.3) is 0 Å². The predicted octanol–water partition coefficient (Wildman–Crippen LogP) is 3.17. The van der Waals surface area contributed by atoms with Crippen LogP contribution in [0.2, 0.25) is 0 Å². The van der Waals surface area contributed by atoms with Crippen LogP contribution in [0.25, 0.3) is 5.69 Å². The third-order valence-electron chi connectivity index (χ3n) is 5.91. The van der Waals surface area contributed by atoms with Crippen LogP contribution in [0.3, 0.4) is 0 Å². The summed E-state index contributed by atoms with van der Waals surface area (Å²) in [5.74, 6) is 1.51. The van der Waals surface area contributed by atoms with Crippen LogP contribution < -0.4 is 5.32 Å². The second kappa shape index (κ2) is 11.1. The normalized spacial score (nSPS) is 19.9. The van der Waals surface area contributed by atoms with Crippen LogP contribution in [0.1, 0.15) is 25.0 Å². The molecule has 0 radical (unpaired) electrons. The third-order valence-corrected chi connectivity index (χ3v) is 5.91. The highest BCUT2D eigenvalue weighted by Crippen LogP contribution is 2.20. The summed E-state index contributed by atoms with van der Waals surface area (Å²) >= 11 is 0. The first kappa shape index (κ1) is 23.0. The van der Waals surface area contributed by atoms with Crippen LogP contribution >= 0.6 is 24.0 Å². The summed E-state index contributed by atoms with van der Waals surface area (Å²) in [6.45, 7) is 6.74. The first-order valence-electron chi connectivity index (χ1n) is 10.7. The number of nitrogens with one attached hydrogen (secondary N) is 1. The van der Waals surface area contributed by atoms with Crippen molar-refractivity contribution in [2.45, 2.75) is 25.7 Å². The minimum atomic E-state index is -0.235. The van der Waals surface area contributed by atoms with E-state index in [4.69, 9.17) is 0 Å². The fraction of sp³-hybridized carbons (Fsp3) is 0.545. The van der Waals surface area contributed by atoms with Gasteiger partial charge in [0.2, 0.25) is 0 Å². The summed E-state index contributed by atoms with van der Waals surface area (Å²) < 4.78 is 14.9. The van der Waals surface area contributed by atoms with Crippen molar-refractivity contribution in [1.29, 1.82) is 0 Å². The van der Waals surface area contributed by atoms with Gasteiger partial charge in [-0.3, -0.25) is 4.99 Å². The predicted molar refractivity (Wildman–Crippen MR) is 129 cm³/mol. The smallest absolute Gasteiger partial charge is 0.193 e. The highest BCUT2D eigenvalue weighted by molar-refractivity contribution is 14.0. The van der Waals surface area contributed by atoms with Crippen molar-refractivity contribution in [2.24, 2.45) is 10.9 Å². The molecular weight excluding hydrogens is 494 g/mol. The van der Waals surface area contributed by atoms with Crippen molar-refractivity contribution in [1.82, 2.24) is 24.9 Å². The van der Waals surface area contributed by atoms with Gasteiger partial charge in [-0.2, -0.15) is 5.10 Å². The number of likely N-dealkylation sites (tertiary alicyclic amines) is 2. The van der Waals surface area contributed by atoms with E-state index in [9.17, 15) is 4.39 Å². The van der Waals surface area contributed by atoms with Crippen molar-refractivity contribution >= 4 is 29.9 Å². The summed E-state index contributed by atoms with van der Waals surface area (Å²) in [5, 5.41) is 8.09. The Bertz CT molecular complexity index is 815. The third kappa shape index (κ3) is 5.94. The summed E-state index contributed by atoms with van der Waals surface area (Å²) in [6.07, 6.45) is 6.70. The topological polar surface area (TPSA) is 48.7 Å². The first-order valence-corrected chi connectivity index (χ1v) is 10.7. The lowest BCUT2D eigenvalue weighted by Crippen LogP contribution is -2.41. The molecule has 6 nitrogen and oxygen atoms in total. The van der Waals surface area contributed by atoms with E-state index < -0.39 is 0 Å². The van der Waals surface area contributed by atoms with Crippen LogP contribution in [0.15, 0.2) is 41.5 Å². The monoisotopic (exact) mass is 526 g/mol. The fourth-order valence-corrected chi connectivity index (χ4v) is 4.37. The Hall–Kier alpha value is -1.68. The summed E-state index contributed by atoms with van der Waals surface area (Å²) in [7, 11) is 1.86. The minimum absolute atomic E-state index is 0. The molecule has 1 N–H and O–H groups in total. The molecule has 30 heavy (non-hydrogen) atoms. The van der Waals surface area contributed by atoms with Gasteiger partial charge in [0, 0.05) is 45.8 Å². The van der Waals surface area contributed by atoms with Gasteiger partial charge in [0.1, 0.15) is 5.82 Å². The van der Waals surface area contributed by atoms with Gasteiger partial charge < -0.3 is 15.1 Å². The van der Waals surface area contributed by atoms with E-state index in [1.54, 1.807) is 16.8 Å². The summed E-state index contributed by atoms with van der Waals surface area (Å²) in [4.78, 5) is 9.48. The Morgan fingerprint density at radius 3 is 2.67 bits per heavy atom. The molecule has 164 valence electrons. The van der Waals surface area contributed by atoms with Crippen LogP contribution in [-0.4, -0.2) is 71.9 Å². The number of nitrogens with zero attached hydrogens (tertiary/aromatic N) is 5. The zero-order chi connectivity index (χ0) is 20.1. The SMILES string of the molecule is CN=C(NCCc1ccn(-c2ccc(F)cc2)n1)N1CCC(CN2CCCC2)C1.I. The number of halogens is 2. The van der Waals surface area contributed by atoms with Gasteiger partial charge in [-0.1, -0.05) is 0 Å². The molecule has 0 bridgehead atoms. The Kier molecular flexibility index (Phi) is 8.50. The summed E-state index contributed by atoms with van der Waals surface area (Å²) in [6, 6.07) is 8.39. The highest BCUT2D eigenvalue weighted by atomic mass is 127. The molecular formula is C22H32FIN6. The van der Waals surface area contributed by atoms with Crippen molar-refractivity contribution in [2.75, 3.05) is 46.3 Å². The number of aliphatic imine (C=N–C) groups is 1. The molecule has 1 atom stereocenters. The van der Waals surface area contributed by atoms with Crippen LogP contribution in [0.4, 0.5) is 4.39 Å². The molecule has 4 rings (SSSR count). The van der Waals surface area contributed by atoms with E-state index in [0.29, 0.717) is 0 Å². The van der Waals surface area contributed by atoms with Crippen molar-refractivity contribution in [3.63, 3.8) is 0 Å². The van der Waals surface area contributed by atoms with Gasteiger partial charge in [0.15, 0.2) is 5.96 Å². The first-order chi connectivity index (χ1) is 14.2. The van der Waals surface area contributed by atoms with E-state index in [1.807, 2.05) is 19.3 Å². The quantitative estimate of drug-likeness (QED) is 0.357. The van der Waals surface area contributed by atoms with Crippen LogP contribution in [0, 0.1) is 11.7 Å². The molecule has 0 spiro atoms. The molecule has 2 aromatic rings. The van der Waals surface area contributed by atoms with E-state index in [0.717, 1.165) is 49.3 Å².